The number of hydrogen-bond donors (Lipinski definition) is 1. The van der Waals surface area contributed by atoms with Crippen LogP contribution in [0.1, 0.15) is 33.1 Å². The molecule has 5 heteroatoms. The molecule has 0 bridgehead atoms. The van der Waals surface area contributed by atoms with Gasteiger partial charge in [-0.05, 0) is 25.2 Å². The Balaban J connectivity index is 1.97. The summed E-state index contributed by atoms with van der Waals surface area (Å²) < 4.78 is 7.35. The third-order valence-electron chi connectivity index (χ3n) is 3.25. The Hall–Kier alpha value is -1.36. The maximum Gasteiger partial charge on any atom is 0.293 e. The van der Waals surface area contributed by atoms with Gasteiger partial charge in [0.15, 0.2) is 5.82 Å². The van der Waals surface area contributed by atoms with Crippen molar-refractivity contribution < 1.29 is 4.74 Å². The molecule has 0 aliphatic carbocycles. The number of anilines is 1. The van der Waals surface area contributed by atoms with Gasteiger partial charge in [-0.15, -0.1) is 0 Å². The summed E-state index contributed by atoms with van der Waals surface area (Å²) in [5.74, 6) is 0.868. The number of hydrogen-bond acceptors (Lipinski definition) is 4. The molecule has 1 aromatic heterocycles. The van der Waals surface area contributed by atoms with E-state index in [-0.39, 0.29) is 11.7 Å². The highest BCUT2D eigenvalue weighted by molar-refractivity contribution is 5.30. The quantitative estimate of drug-likeness (QED) is 0.883. The second-order valence-electron chi connectivity index (χ2n) is 5.50. The highest BCUT2D eigenvalue weighted by Gasteiger charge is 2.14. The molecule has 1 fully saturated rings. The molecule has 2 rings (SSSR count). The minimum atomic E-state index is -0.0491. The van der Waals surface area contributed by atoms with E-state index in [0.29, 0.717) is 18.3 Å². The molecule has 1 aliphatic rings. The lowest BCUT2D eigenvalue weighted by molar-refractivity contribution is 0.0247. The Kier molecular flexibility index (Phi) is 4.96. The van der Waals surface area contributed by atoms with E-state index in [0.717, 1.165) is 26.0 Å². The molecule has 0 amide bonds. The van der Waals surface area contributed by atoms with Crippen LogP contribution in [0.15, 0.2) is 17.2 Å². The maximum absolute atomic E-state index is 12.2. The number of rotatable bonds is 5. The zero-order chi connectivity index (χ0) is 13.7. The predicted octanol–water partition coefficient (Wildman–Crippen LogP) is 1.88. The summed E-state index contributed by atoms with van der Waals surface area (Å²) in [6, 6.07) is 0. The Labute approximate surface area is 114 Å². The molecule has 1 N–H and O–H groups in total. The topological polar surface area (TPSA) is 56.1 Å². The van der Waals surface area contributed by atoms with E-state index in [4.69, 9.17) is 4.74 Å². The molecule has 1 saturated heterocycles. The third kappa shape index (κ3) is 4.06. The van der Waals surface area contributed by atoms with Crippen molar-refractivity contribution in [3.63, 3.8) is 0 Å². The van der Waals surface area contributed by atoms with Crippen LogP contribution in [-0.2, 0) is 11.3 Å². The van der Waals surface area contributed by atoms with Gasteiger partial charge < -0.3 is 14.6 Å². The standard InChI is InChI=1S/C14H23N3O2/c1-11(2)10-17-7-6-15-13(14(17)18)16-9-12-5-3-4-8-19-12/h6-7,11-12H,3-5,8-10H2,1-2H3,(H,15,16). The average Bonchev–Trinajstić information content (AvgIpc) is 2.40. The van der Waals surface area contributed by atoms with Crippen LogP contribution in [0.2, 0.25) is 0 Å². The van der Waals surface area contributed by atoms with E-state index in [1.807, 2.05) is 0 Å². The van der Waals surface area contributed by atoms with Crippen LogP contribution in [0.3, 0.4) is 0 Å². The molecule has 2 heterocycles. The maximum atomic E-state index is 12.2. The van der Waals surface area contributed by atoms with Gasteiger partial charge in [-0.3, -0.25) is 4.79 Å². The highest BCUT2D eigenvalue weighted by Crippen LogP contribution is 2.12. The summed E-state index contributed by atoms with van der Waals surface area (Å²) in [6.45, 7) is 6.39. The van der Waals surface area contributed by atoms with Gasteiger partial charge in [0.2, 0.25) is 0 Å². The zero-order valence-corrected chi connectivity index (χ0v) is 11.8. The Bertz CT molecular complexity index is 450. The molecule has 0 spiro atoms. The Morgan fingerprint density at radius 3 is 3.05 bits per heavy atom. The fourth-order valence-corrected chi connectivity index (χ4v) is 2.28. The smallest absolute Gasteiger partial charge is 0.293 e. The number of nitrogens with zero attached hydrogens (tertiary/aromatic N) is 2. The molecule has 1 atom stereocenters. The summed E-state index contributed by atoms with van der Waals surface area (Å²) in [7, 11) is 0. The largest absolute Gasteiger partial charge is 0.376 e. The van der Waals surface area contributed by atoms with Crippen LogP contribution in [0.25, 0.3) is 0 Å². The first-order valence-electron chi connectivity index (χ1n) is 7.07. The van der Waals surface area contributed by atoms with E-state index in [9.17, 15) is 4.79 Å². The predicted molar refractivity (Wildman–Crippen MR) is 75.4 cm³/mol. The summed E-state index contributed by atoms with van der Waals surface area (Å²) >= 11 is 0. The average molecular weight is 265 g/mol. The number of nitrogens with one attached hydrogen (secondary N) is 1. The van der Waals surface area contributed by atoms with Crippen molar-refractivity contribution in [1.29, 1.82) is 0 Å². The molecule has 0 saturated carbocycles. The first kappa shape index (κ1) is 14.1. The second kappa shape index (κ2) is 6.70. The normalized spacial score (nSPS) is 19.6. The highest BCUT2D eigenvalue weighted by atomic mass is 16.5. The van der Waals surface area contributed by atoms with Crippen LogP contribution >= 0.6 is 0 Å². The van der Waals surface area contributed by atoms with Gasteiger partial charge in [0.25, 0.3) is 5.56 Å². The fraction of sp³-hybridized carbons (Fsp3) is 0.714. The molecule has 19 heavy (non-hydrogen) atoms. The lowest BCUT2D eigenvalue weighted by Gasteiger charge is -2.22. The van der Waals surface area contributed by atoms with E-state index in [1.54, 1.807) is 17.0 Å². The third-order valence-corrected chi connectivity index (χ3v) is 3.25. The molecule has 1 aliphatic heterocycles. The Morgan fingerprint density at radius 1 is 1.53 bits per heavy atom. The van der Waals surface area contributed by atoms with Gasteiger partial charge in [0, 0.05) is 32.1 Å². The van der Waals surface area contributed by atoms with Crippen LogP contribution in [0.5, 0.6) is 0 Å². The van der Waals surface area contributed by atoms with Crippen molar-refractivity contribution in [2.45, 2.75) is 45.8 Å². The van der Waals surface area contributed by atoms with Crippen molar-refractivity contribution in [1.82, 2.24) is 9.55 Å². The van der Waals surface area contributed by atoms with Crippen LogP contribution in [0.4, 0.5) is 5.82 Å². The number of aromatic nitrogens is 2. The van der Waals surface area contributed by atoms with E-state index >= 15 is 0 Å². The van der Waals surface area contributed by atoms with Crippen molar-refractivity contribution in [3.8, 4) is 0 Å². The first-order chi connectivity index (χ1) is 9.16. The number of ether oxygens (including phenoxy) is 1. The molecule has 5 nitrogen and oxygen atoms in total. The van der Waals surface area contributed by atoms with Crippen LogP contribution < -0.4 is 10.9 Å². The molecule has 106 valence electrons. The van der Waals surface area contributed by atoms with Gasteiger partial charge in [0.1, 0.15) is 0 Å². The fourth-order valence-electron chi connectivity index (χ4n) is 2.28. The summed E-state index contributed by atoms with van der Waals surface area (Å²) in [4.78, 5) is 16.3. The van der Waals surface area contributed by atoms with E-state index in [2.05, 4.69) is 24.1 Å². The van der Waals surface area contributed by atoms with Gasteiger partial charge >= 0.3 is 0 Å². The van der Waals surface area contributed by atoms with Crippen LogP contribution in [-0.4, -0.2) is 28.8 Å². The monoisotopic (exact) mass is 265 g/mol. The zero-order valence-electron chi connectivity index (χ0n) is 11.8. The molecule has 0 radical (unpaired) electrons. The first-order valence-corrected chi connectivity index (χ1v) is 7.07. The summed E-state index contributed by atoms with van der Waals surface area (Å²) in [5.41, 5.74) is -0.0491. The molecule has 1 aromatic rings. The van der Waals surface area contributed by atoms with Gasteiger partial charge in [-0.2, -0.15) is 0 Å². The minimum Gasteiger partial charge on any atom is -0.376 e. The van der Waals surface area contributed by atoms with Gasteiger partial charge in [-0.25, -0.2) is 4.98 Å². The molecule has 1 unspecified atom stereocenters. The molecular weight excluding hydrogens is 242 g/mol. The molecule has 0 aromatic carbocycles. The van der Waals surface area contributed by atoms with E-state index < -0.39 is 0 Å². The lowest BCUT2D eigenvalue weighted by Crippen LogP contribution is -2.31. The lowest BCUT2D eigenvalue weighted by atomic mass is 10.1. The van der Waals surface area contributed by atoms with Gasteiger partial charge in [0.05, 0.1) is 6.10 Å². The Morgan fingerprint density at radius 2 is 2.37 bits per heavy atom. The van der Waals surface area contributed by atoms with Crippen LogP contribution in [0, 0.1) is 5.92 Å². The second-order valence-corrected chi connectivity index (χ2v) is 5.50. The van der Waals surface area contributed by atoms with Crippen molar-refractivity contribution in [2.75, 3.05) is 18.5 Å². The van der Waals surface area contributed by atoms with Crippen molar-refractivity contribution in [3.05, 3.63) is 22.7 Å². The van der Waals surface area contributed by atoms with Crippen molar-refractivity contribution >= 4 is 5.82 Å². The summed E-state index contributed by atoms with van der Waals surface area (Å²) in [6.07, 6.45) is 7.01. The SMILES string of the molecule is CC(C)Cn1ccnc(NCC2CCCCO2)c1=O. The minimum absolute atomic E-state index is 0.0491. The van der Waals surface area contributed by atoms with E-state index in [1.165, 1.54) is 6.42 Å². The summed E-state index contributed by atoms with van der Waals surface area (Å²) in [5, 5.41) is 3.13. The molecular formula is C14H23N3O2. The van der Waals surface area contributed by atoms with Gasteiger partial charge in [-0.1, -0.05) is 13.8 Å². The van der Waals surface area contributed by atoms with Crippen molar-refractivity contribution in [2.24, 2.45) is 5.92 Å².